The molecule has 1 aromatic rings. The molecule has 0 saturated heterocycles. The summed E-state index contributed by atoms with van der Waals surface area (Å²) >= 11 is 1.19. The number of carbonyl (C=O) groups excluding carboxylic acids is 1. The number of aliphatic hydroxyl groups is 2. The zero-order valence-electron chi connectivity index (χ0n) is 24.4. The van der Waals surface area contributed by atoms with Crippen LogP contribution in [-0.4, -0.2) is 51.7 Å². The Bertz CT molecular complexity index is 1380. The topological polar surface area (TPSA) is 103 Å². The van der Waals surface area contributed by atoms with Gasteiger partial charge >= 0.3 is 0 Å². The van der Waals surface area contributed by atoms with E-state index in [1.54, 1.807) is 12.1 Å². The van der Waals surface area contributed by atoms with Gasteiger partial charge in [0, 0.05) is 23.0 Å². The highest BCUT2D eigenvalue weighted by molar-refractivity contribution is 8.14. The summed E-state index contributed by atoms with van der Waals surface area (Å²) < 4.78 is 20.2. The zero-order chi connectivity index (χ0) is 29.7. The average Bonchev–Trinajstić information content (AvgIpc) is 3.73. The van der Waals surface area contributed by atoms with Crippen molar-refractivity contribution in [3.63, 3.8) is 0 Å². The molecule has 224 valence electrons. The Balaban J connectivity index is 1.29. The molecule has 42 heavy (non-hydrogen) atoms. The first-order chi connectivity index (χ1) is 20.1. The van der Waals surface area contributed by atoms with Gasteiger partial charge in [0.25, 0.3) is 0 Å². The molecule has 0 spiro atoms. The number of rotatable bonds is 7. The molecule has 8 heteroatoms. The minimum Gasteiger partial charge on any atom is -0.393 e. The van der Waals surface area contributed by atoms with Gasteiger partial charge in [0.05, 0.1) is 18.0 Å². The quantitative estimate of drug-likeness (QED) is 0.234. The molecule has 0 aliphatic heterocycles. The summed E-state index contributed by atoms with van der Waals surface area (Å²) in [5.74, 6) is 6.06. The summed E-state index contributed by atoms with van der Waals surface area (Å²) in [4.78, 5) is 14.0. The maximum absolute atomic E-state index is 14.0. The van der Waals surface area contributed by atoms with Crippen molar-refractivity contribution in [1.82, 2.24) is 0 Å². The van der Waals surface area contributed by atoms with E-state index in [2.05, 4.69) is 37.1 Å². The van der Waals surface area contributed by atoms with Crippen molar-refractivity contribution in [2.24, 2.45) is 28.6 Å². The summed E-state index contributed by atoms with van der Waals surface area (Å²) in [6.07, 6.45) is 9.56. The highest BCUT2D eigenvalue weighted by atomic mass is 32.2. The van der Waals surface area contributed by atoms with Crippen LogP contribution in [-0.2, 0) is 9.53 Å². The lowest BCUT2D eigenvalue weighted by Gasteiger charge is -2.61. The van der Waals surface area contributed by atoms with Gasteiger partial charge in [0.15, 0.2) is 0 Å². The average molecular weight is 593 g/mol. The molecule has 0 unspecified atom stereocenters. The molecule has 6 nitrogen and oxygen atoms in total. The minimum absolute atomic E-state index is 0.0168. The molecule has 4 saturated carbocycles. The van der Waals surface area contributed by atoms with Crippen molar-refractivity contribution in [2.45, 2.75) is 83.0 Å². The molecule has 4 N–H and O–H groups in total. The zero-order valence-corrected chi connectivity index (χ0v) is 25.2. The number of hydrogen-bond donors (Lipinski definition) is 4. The van der Waals surface area contributed by atoms with Gasteiger partial charge in [0.2, 0.25) is 5.12 Å². The summed E-state index contributed by atoms with van der Waals surface area (Å²) in [6.45, 7) is 4.22. The van der Waals surface area contributed by atoms with Gasteiger partial charge < -0.3 is 25.7 Å². The van der Waals surface area contributed by atoms with Crippen molar-refractivity contribution < 1.29 is 24.1 Å². The Labute approximate surface area is 252 Å². The lowest BCUT2D eigenvalue weighted by molar-refractivity contribution is -0.191. The molecule has 5 aliphatic rings. The first kappa shape index (κ1) is 29.6. The Morgan fingerprint density at radius 1 is 1.21 bits per heavy atom. The van der Waals surface area contributed by atoms with Gasteiger partial charge in [-0.15, -0.1) is 0 Å². The van der Waals surface area contributed by atoms with Gasteiger partial charge in [0.1, 0.15) is 18.0 Å². The van der Waals surface area contributed by atoms with Crippen LogP contribution in [0, 0.1) is 51.7 Å². The maximum Gasteiger partial charge on any atom is 0.222 e. The third-order valence-corrected chi connectivity index (χ3v) is 11.9. The van der Waals surface area contributed by atoms with Crippen LogP contribution in [0.2, 0.25) is 0 Å². The van der Waals surface area contributed by atoms with Crippen LogP contribution in [0.5, 0.6) is 0 Å². The van der Waals surface area contributed by atoms with Gasteiger partial charge in [-0.25, -0.2) is 4.39 Å². The van der Waals surface area contributed by atoms with E-state index in [9.17, 15) is 14.3 Å². The van der Waals surface area contributed by atoms with E-state index < -0.39 is 17.1 Å². The van der Waals surface area contributed by atoms with Crippen molar-refractivity contribution in [2.75, 3.05) is 17.7 Å². The van der Waals surface area contributed by atoms with Gasteiger partial charge in [-0.05, 0) is 110 Å². The van der Waals surface area contributed by atoms with Gasteiger partial charge in [-0.2, -0.15) is 0 Å². The first-order valence-electron chi connectivity index (χ1n) is 15.2. The first-order valence-corrected chi connectivity index (χ1v) is 16.2. The lowest BCUT2D eigenvalue weighted by Crippen LogP contribution is -2.62. The Morgan fingerprint density at radius 2 is 1.98 bits per heavy atom. The molecule has 5 aliphatic carbocycles. The molecule has 4 fully saturated rings. The van der Waals surface area contributed by atoms with Crippen LogP contribution >= 0.6 is 11.8 Å². The van der Waals surface area contributed by atoms with Crippen LogP contribution in [0.3, 0.4) is 0 Å². The molecule has 0 aromatic heterocycles. The molecule has 6 rings (SSSR count). The molecular weight excluding hydrogens is 551 g/mol. The van der Waals surface area contributed by atoms with E-state index in [0.717, 1.165) is 49.1 Å². The predicted octanol–water partition coefficient (Wildman–Crippen LogP) is 5.86. The molecule has 0 amide bonds. The SMILES string of the molecule is C[C@]12CC(C=N)=C(Nc3ccc(F)cc3)C=C1CC[C@@H]1[C@@H]2[C@@H](O)C[C@@]2(C)[C@H]1CC[C@]2(OC1CC1)C(=O)SCC#CCO. The van der Waals surface area contributed by atoms with Crippen LogP contribution in [0.4, 0.5) is 10.1 Å². The number of carbonyl (C=O) groups is 1. The lowest BCUT2D eigenvalue weighted by atomic mass is 9.45. The smallest absolute Gasteiger partial charge is 0.222 e. The second kappa shape index (κ2) is 11.2. The van der Waals surface area contributed by atoms with E-state index in [1.807, 2.05) is 0 Å². The largest absolute Gasteiger partial charge is 0.393 e. The monoisotopic (exact) mass is 592 g/mol. The van der Waals surface area contributed by atoms with Gasteiger partial charge in [-0.3, -0.25) is 4.79 Å². The molecular formula is C34H41FN2O4S. The van der Waals surface area contributed by atoms with Crippen molar-refractivity contribution in [3.8, 4) is 11.8 Å². The molecule has 0 heterocycles. The standard InChI is InChI=1S/C34H41FN2O4S/c1-32-18-21(20-36)28(37-24-8-6-23(35)7-9-24)17-22(32)5-12-26-27-13-14-34(41-25-10-11-25,31(40)42-16-4-3-15-38)33(27,2)19-29(39)30(26)32/h6-9,17,20,25-27,29-30,36-39H,5,10-16,18-19H2,1-2H3/t26-,27-,29-,30+,32-,33-,34-/m0/s1. The third kappa shape index (κ3) is 4.87. The number of nitrogens with one attached hydrogen (secondary N) is 2. The molecule has 0 radical (unpaired) electrons. The van der Waals surface area contributed by atoms with E-state index in [-0.39, 0.29) is 46.8 Å². The van der Waals surface area contributed by atoms with E-state index >= 15 is 0 Å². The summed E-state index contributed by atoms with van der Waals surface area (Å²) in [5, 5.41) is 32.7. The van der Waals surface area contributed by atoms with Gasteiger partial charge in [-0.1, -0.05) is 43.0 Å². The normalized spacial score (nSPS) is 37.0. The second-order valence-corrected chi connectivity index (χ2v) is 14.2. The molecule has 7 atom stereocenters. The fraction of sp³-hybridized carbons (Fsp3) is 0.588. The number of halogens is 1. The number of fused-ring (bicyclic) bond motifs is 5. The summed E-state index contributed by atoms with van der Waals surface area (Å²) in [5.41, 5.74) is 2.08. The molecule has 1 aromatic carbocycles. The highest BCUT2D eigenvalue weighted by Crippen LogP contribution is 2.69. The summed E-state index contributed by atoms with van der Waals surface area (Å²) in [7, 11) is 0. The third-order valence-electron chi connectivity index (χ3n) is 11.0. The number of benzene rings is 1. The van der Waals surface area contributed by atoms with Crippen LogP contribution in [0.1, 0.15) is 65.2 Å². The Morgan fingerprint density at radius 3 is 2.67 bits per heavy atom. The van der Waals surface area contributed by atoms with Crippen molar-refractivity contribution >= 4 is 28.8 Å². The van der Waals surface area contributed by atoms with E-state index in [4.69, 9.17) is 15.3 Å². The number of thioether (sulfide) groups is 1. The number of allylic oxidation sites excluding steroid dienone is 3. The highest BCUT2D eigenvalue weighted by Gasteiger charge is 2.70. The van der Waals surface area contributed by atoms with Crippen molar-refractivity contribution in [3.05, 3.63) is 53.0 Å². The number of aliphatic hydroxyl groups excluding tert-OH is 2. The molecule has 0 bridgehead atoms. The van der Waals surface area contributed by atoms with E-state index in [1.165, 1.54) is 35.7 Å². The number of ether oxygens (including phenoxy) is 1. The van der Waals surface area contributed by atoms with Crippen LogP contribution < -0.4 is 5.32 Å². The van der Waals surface area contributed by atoms with E-state index in [0.29, 0.717) is 25.0 Å². The second-order valence-electron chi connectivity index (χ2n) is 13.3. The fourth-order valence-electron chi connectivity index (χ4n) is 8.99. The van der Waals surface area contributed by atoms with Crippen LogP contribution in [0.15, 0.2) is 47.2 Å². The Kier molecular flexibility index (Phi) is 7.93. The fourth-order valence-corrected chi connectivity index (χ4v) is 9.92. The summed E-state index contributed by atoms with van der Waals surface area (Å²) in [6, 6.07) is 6.25. The maximum atomic E-state index is 14.0. The number of hydrogen-bond acceptors (Lipinski definition) is 7. The van der Waals surface area contributed by atoms with Crippen molar-refractivity contribution in [1.29, 1.82) is 5.41 Å². The van der Waals surface area contributed by atoms with Crippen LogP contribution in [0.25, 0.3) is 0 Å². The minimum atomic E-state index is -0.938. The predicted molar refractivity (Wildman–Crippen MR) is 163 cm³/mol. The number of anilines is 1. The Hall–Kier alpha value is -2.44.